The van der Waals surface area contributed by atoms with Crippen LogP contribution in [0.5, 0.6) is 0 Å². The molecule has 1 saturated carbocycles. The number of carbonyl (C=O) groups is 2. The third kappa shape index (κ3) is 4.44. The maximum atomic E-state index is 12.1. The van der Waals surface area contributed by atoms with Crippen molar-refractivity contribution in [3.05, 3.63) is 66.2 Å². The predicted molar refractivity (Wildman–Crippen MR) is 94.4 cm³/mol. The zero-order chi connectivity index (χ0) is 16.8. The summed E-state index contributed by atoms with van der Waals surface area (Å²) in [6.07, 6.45) is 2.50. The number of hydrogen-bond donors (Lipinski definition) is 2. The van der Waals surface area contributed by atoms with Gasteiger partial charge in [-0.1, -0.05) is 48.5 Å². The molecule has 24 heavy (non-hydrogen) atoms. The van der Waals surface area contributed by atoms with Crippen LogP contribution >= 0.6 is 0 Å². The van der Waals surface area contributed by atoms with Gasteiger partial charge in [0.15, 0.2) is 0 Å². The number of amides is 2. The van der Waals surface area contributed by atoms with Crippen LogP contribution in [0.4, 0.5) is 5.69 Å². The topological polar surface area (TPSA) is 58.2 Å². The average Bonchev–Trinajstić information content (AvgIpc) is 3.41. The van der Waals surface area contributed by atoms with Crippen LogP contribution in [-0.4, -0.2) is 18.4 Å². The van der Waals surface area contributed by atoms with Crippen molar-refractivity contribution in [1.82, 2.24) is 5.32 Å². The number of para-hydroxylation sites is 1. The fraction of sp³-hybridized carbons (Fsp3) is 0.300. The monoisotopic (exact) mass is 322 g/mol. The highest BCUT2D eigenvalue weighted by molar-refractivity contribution is 5.99. The Balaban J connectivity index is 1.36. The predicted octanol–water partition coefficient (Wildman–Crippen LogP) is 3.01. The van der Waals surface area contributed by atoms with E-state index in [1.807, 2.05) is 48.5 Å². The van der Waals surface area contributed by atoms with E-state index >= 15 is 0 Å². The molecule has 2 atom stereocenters. The van der Waals surface area contributed by atoms with Gasteiger partial charge in [-0.25, -0.2) is 0 Å². The second-order valence-electron chi connectivity index (χ2n) is 6.18. The number of hydrogen-bond acceptors (Lipinski definition) is 2. The Morgan fingerprint density at radius 2 is 1.50 bits per heavy atom. The minimum Gasteiger partial charge on any atom is -0.356 e. The van der Waals surface area contributed by atoms with Crippen LogP contribution in [0.15, 0.2) is 60.7 Å². The van der Waals surface area contributed by atoms with Gasteiger partial charge in [-0.2, -0.15) is 0 Å². The van der Waals surface area contributed by atoms with E-state index in [1.165, 1.54) is 5.56 Å². The Kier molecular flexibility index (Phi) is 5.26. The molecule has 4 heteroatoms. The maximum absolute atomic E-state index is 12.1. The highest BCUT2D eigenvalue weighted by atomic mass is 16.2. The van der Waals surface area contributed by atoms with Crippen LogP contribution in [0.3, 0.4) is 0 Å². The van der Waals surface area contributed by atoms with E-state index in [-0.39, 0.29) is 23.7 Å². The highest BCUT2D eigenvalue weighted by Gasteiger charge is 2.47. The van der Waals surface area contributed by atoms with E-state index < -0.39 is 0 Å². The quantitative estimate of drug-likeness (QED) is 0.770. The molecule has 0 aliphatic heterocycles. The Bertz CT molecular complexity index is 685. The molecule has 4 nitrogen and oxygen atoms in total. The van der Waals surface area contributed by atoms with Crippen LogP contribution in [0.1, 0.15) is 18.4 Å². The fourth-order valence-corrected chi connectivity index (χ4v) is 2.81. The fourth-order valence-electron chi connectivity index (χ4n) is 2.81. The Hall–Kier alpha value is -2.62. The number of carbonyl (C=O) groups excluding carboxylic acids is 2. The number of benzene rings is 2. The lowest BCUT2D eigenvalue weighted by molar-refractivity contribution is -0.125. The van der Waals surface area contributed by atoms with E-state index in [9.17, 15) is 9.59 Å². The van der Waals surface area contributed by atoms with Crippen molar-refractivity contribution in [2.45, 2.75) is 19.3 Å². The number of rotatable bonds is 7. The second-order valence-corrected chi connectivity index (χ2v) is 6.18. The van der Waals surface area contributed by atoms with Gasteiger partial charge in [-0.15, -0.1) is 0 Å². The lowest BCUT2D eigenvalue weighted by Gasteiger charge is -2.06. The minimum atomic E-state index is -0.195. The first-order valence-electron chi connectivity index (χ1n) is 8.41. The summed E-state index contributed by atoms with van der Waals surface area (Å²) in [6.45, 7) is 0.650. The molecular weight excluding hydrogens is 300 g/mol. The largest absolute Gasteiger partial charge is 0.356 e. The third-order valence-electron chi connectivity index (χ3n) is 4.29. The molecule has 0 heterocycles. The van der Waals surface area contributed by atoms with Gasteiger partial charge < -0.3 is 10.6 Å². The summed E-state index contributed by atoms with van der Waals surface area (Å²) in [5.74, 6) is -0.438. The van der Waals surface area contributed by atoms with Crippen molar-refractivity contribution in [3.63, 3.8) is 0 Å². The smallest absolute Gasteiger partial charge is 0.228 e. The molecule has 2 unspecified atom stereocenters. The summed E-state index contributed by atoms with van der Waals surface area (Å²) in [7, 11) is 0. The SMILES string of the molecule is O=C(NCCCc1ccccc1)C1CC1C(=O)Nc1ccccc1. The molecule has 3 rings (SSSR count). The van der Waals surface area contributed by atoms with Crippen molar-refractivity contribution in [1.29, 1.82) is 0 Å². The van der Waals surface area contributed by atoms with E-state index in [4.69, 9.17) is 0 Å². The lowest BCUT2D eigenvalue weighted by Crippen LogP contribution is -2.28. The summed E-state index contributed by atoms with van der Waals surface area (Å²) < 4.78 is 0. The molecule has 1 aliphatic rings. The van der Waals surface area contributed by atoms with Crippen molar-refractivity contribution < 1.29 is 9.59 Å². The number of anilines is 1. The zero-order valence-electron chi connectivity index (χ0n) is 13.6. The summed E-state index contributed by atoms with van der Waals surface area (Å²) in [5.41, 5.74) is 2.05. The van der Waals surface area contributed by atoms with Crippen LogP contribution in [0.2, 0.25) is 0 Å². The Labute approximate surface area is 142 Å². The van der Waals surface area contributed by atoms with Gasteiger partial charge in [-0.3, -0.25) is 9.59 Å². The number of nitrogens with one attached hydrogen (secondary N) is 2. The maximum Gasteiger partial charge on any atom is 0.228 e. The van der Waals surface area contributed by atoms with E-state index in [0.29, 0.717) is 13.0 Å². The molecule has 2 N–H and O–H groups in total. The molecule has 1 fully saturated rings. The summed E-state index contributed by atoms with van der Waals surface area (Å²) >= 11 is 0. The highest BCUT2D eigenvalue weighted by Crippen LogP contribution is 2.39. The molecule has 1 aliphatic carbocycles. The third-order valence-corrected chi connectivity index (χ3v) is 4.29. The van der Waals surface area contributed by atoms with E-state index in [0.717, 1.165) is 18.5 Å². The first-order chi connectivity index (χ1) is 11.7. The van der Waals surface area contributed by atoms with Crippen LogP contribution in [0.25, 0.3) is 0 Å². The standard InChI is InChI=1S/C20H22N2O2/c23-19(21-13-7-10-15-8-3-1-4-9-15)17-14-18(17)20(24)22-16-11-5-2-6-12-16/h1-6,8-9,11-12,17-18H,7,10,13-14H2,(H,21,23)(H,22,24). The van der Waals surface area contributed by atoms with Gasteiger partial charge in [0.05, 0.1) is 11.8 Å². The van der Waals surface area contributed by atoms with Crippen molar-refractivity contribution in [2.75, 3.05) is 11.9 Å². The normalized spacial score (nSPS) is 18.7. The molecule has 0 saturated heterocycles. The Morgan fingerprint density at radius 3 is 2.21 bits per heavy atom. The molecule has 2 aromatic rings. The summed E-state index contributed by atoms with van der Waals surface area (Å²) in [6, 6.07) is 19.6. The molecule has 0 spiro atoms. The van der Waals surface area contributed by atoms with E-state index in [1.54, 1.807) is 0 Å². The van der Waals surface area contributed by atoms with Gasteiger partial charge in [-0.05, 0) is 37.0 Å². The zero-order valence-corrected chi connectivity index (χ0v) is 13.6. The van der Waals surface area contributed by atoms with Crippen LogP contribution in [0, 0.1) is 11.8 Å². The van der Waals surface area contributed by atoms with Gasteiger partial charge >= 0.3 is 0 Å². The molecule has 0 bridgehead atoms. The van der Waals surface area contributed by atoms with Crippen molar-refractivity contribution >= 4 is 17.5 Å². The van der Waals surface area contributed by atoms with Crippen molar-refractivity contribution in [3.8, 4) is 0 Å². The first kappa shape index (κ1) is 16.2. The second kappa shape index (κ2) is 7.77. The van der Waals surface area contributed by atoms with E-state index in [2.05, 4.69) is 22.8 Å². The average molecular weight is 322 g/mol. The minimum absolute atomic E-state index is 0.00345. The molecule has 0 aromatic heterocycles. The van der Waals surface area contributed by atoms with Crippen LogP contribution in [-0.2, 0) is 16.0 Å². The Morgan fingerprint density at radius 1 is 0.875 bits per heavy atom. The summed E-state index contributed by atoms with van der Waals surface area (Å²) in [5, 5.41) is 5.80. The van der Waals surface area contributed by atoms with Crippen molar-refractivity contribution in [2.24, 2.45) is 11.8 Å². The van der Waals surface area contributed by atoms with Gasteiger partial charge in [0.2, 0.25) is 11.8 Å². The van der Waals surface area contributed by atoms with Gasteiger partial charge in [0.25, 0.3) is 0 Å². The molecule has 0 radical (unpaired) electrons. The number of aryl methyl sites for hydroxylation is 1. The van der Waals surface area contributed by atoms with Crippen LogP contribution < -0.4 is 10.6 Å². The molecule has 124 valence electrons. The molecule has 2 amide bonds. The molecule has 2 aromatic carbocycles. The van der Waals surface area contributed by atoms with Gasteiger partial charge in [0, 0.05) is 12.2 Å². The van der Waals surface area contributed by atoms with Gasteiger partial charge in [0.1, 0.15) is 0 Å². The summed E-state index contributed by atoms with van der Waals surface area (Å²) in [4.78, 5) is 24.2. The lowest BCUT2D eigenvalue weighted by atomic mass is 10.1. The first-order valence-corrected chi connectivity index (χ1v) is 8.41. The molecular formula is C20H22N2O2.